The van der Waals surface area contributed by atoms with Gasteiger partial charge in [0.25, 0.3) is 5.91 Å². The van der Waals surface area contributed by atoms with E-state index in [-0.39, 0.29) is 18.9 Å². The third-order valence-electron chi connectivity index (χ3n) is 4.29. The number of hydrogen-bond donors (Lipinski definition) is 1. The van der Waals surface area contributed by atoms with Crippen molar-refractivity contribution in [1.82, 2.24) is 9.80 Å². The van der Waals surface area contributed by atoms with Gasteiger partial charge in [0.1, 0.15) is 11.9 Å². The van der Waals surface area contributed by atoms with Gasteiger partial charge in [-0.2, -0.15) is 0 Å². The van der Waals surface area contributed by atoms with Gasteiger partial charge in [-0.15, -0.1) is 0 Å². The average molecular weight is 355 g/mol. The number of anilines is 1. The molecule has 134 valence electrons. The quantitative estimate of drug-likeness (QED) is 0.857. The van der Waals surface area contributed by atoms with E-state index in [0.29, 0.717) is 5.69 Å². The van der Waals surface area contributed by atoms with Gasteiger partial charge in [0.15, 0.2) is 0 Å². The summed E-state index contributed by atoms with van der Waals surface area (Å²) in [6.45, 7) is 0.183. The maximum atomic E-state index is 12.9. The van der Waals surface area contributed by atoms with E-state index in [9.17, 15) is 18.8 Å². The van der Waals surface area contributed by atoms with Crippen molar-refractivity contribution in [1.29, 1.82) is 0 Å². The number of benzene rings is 2. The van der Waals surface area contributed by atoms with E-state index in [1.807, 2.05) is 30.3 Å². The van der Waals surface area contributed by atoms with Gasteiger partial charge in [0.2, 0.25) is 5.91 Å². The number of carbonyl (C=O) groups is 3. The predicted molar refractivity (Wildman–Crippen MR) is 93.6 cm³/mol. The minimum Gasteiger partial charge on any atom is -0.315 e. The first-order valence-corrected chi connectivity index (χ1v) is 8.13. The van der Waals surface area contributed by atoms with Crippen molar-refractivity contribution < 1.29 is 18.8 Å². The molecule has 4 amide bonds. The van der Waals surface area contributed by atoms with E-state index in [0.717, 1.165) is 5.56 Å². The van der Waals surface area contributed by atoms with Gasteiger partial charge in [0.05, 0.1) is 13.0 Å². The Kier molecular flexibility index (Phi) is 4.97. The SMILES string of the molecule is CN(C(=O)Nc1ccc(F)cc1)[C@H]1CC(=O)N(Cc2ccccc2)C1=O. The van der Waals surface area contributed by atoms with Crippen LogP contribution in [0.2, 0.25) is 0 Å². The highest BCUT2D eigenvalue weighted by molar-refractivity contribution is 6.07. The maximum absolute atomic E-state index is 12.9. The molecule has 1 saturated heterocycles. The van der Waals surface area contributed by atoms with Gasteiger partial charge in [-0.05, 0) is 29.8 Å². The lowest BCUT2D eigenvalue weighted by Gasteiger charge is -2.23. The van der Waals surface area contributed by atoms with Gasteiger partial charge >= 0.3 is 6.03 Å². The van der Waals surface area contributed by atoms with Crippen LogP contribution in [-0.4, -0.2) is 40.7 Å². The van der Waals surface area contributed by atoms with E-state index in [1.165, 1.54) is 41.1 Å². The molecule has 7 heteroatoms. The second-order valence-corrected chi connectivity index (χ2v) is 6.07. The summed E-state index contributed by atoms with van der Waals surface area (Å²) in [6, 6.07) is 13.1. The molecule has 1 fully saturated rings. The second-order valence-electron chi connectivity index (χ2n) is 6.07. The molecule has 1 atom stereocenters. The normalized spacial score (nSPS) is 16.7. The summed E-state index contributed by atoms with van der Waals surface area (Å²) >= 11 is 0. The number of urea groups is 1. The van der Waals surface area contributed by atoms with Crippen molar-refractivity contribution in [3.8, 4) is 0 Å². The second kappa shape index (κ2) is 7.35. The predicted octanol–water partition coefficient (Wildman–Crippen LogP) is 2.62. The molecular formula is C19H18FN3O3. The topological polar surface area (TPSA) is 69.7 Å². The Bertz CT molecular complexity index is 824. The standard InChI is InChI=1S/C19H18FN3O3/c1-22(19(26)21-15-9-7-14(20)8-10-15)16-11-17(24)23(18(16)25)12-13-5-3-2-4-6-13/h2-10,16H,11-12H2,1H3,(H,21,26)/t16-/m0/s1. The molecule has 1 N–H and O–H groups in total. The fourth-order valence-electron chi connectivity index (χ4n) is 2.79. The van der Waals surface area contributed by atoms with Gasteiger partial charge in [-0.1, -0.05) is 30.3 Å². The van der Waals surface area contributed by atoms with Gasteiger partial charge in [-0.3, -0.25) is 14.5 Å². The summed E-state index contributed by atoms with van der Waals surface area (Å²) in [4.78, 5) is 39.5. The molecule has 2 aromatic carbocycles. The molecule has 0 aliphatic carbocycles. The molecule has 0 radical (unpaired) electrons. The summed E-state index contributed by atoms with van der Waals surface area (Å²) in [6.07, 6.45) is -0.0565. The van der Waals surface area contributed by atoms with E-state index in [1.54, 1.807) is 0 Å². The van der Waals surface area contributed by atoms with Crippen LogP contribution in [0.15, 0.2) is 54.6 Å². The van der Waals surface area contributed by atoms with E-state index >= 15 is 0 Å². The molecule has 1 heterocycles. The third kappa shape index (κ3) is 3.72. The van der Waals surface area contributed by atoms with Crippen molar-refractivity contribution >= 4 is 23.5 Å². The van der Waals surface area contributed by atoms with Crippen LogP contribution in [0.5, 0.6) is 0 Å². The van der Waals surface area contributed by atoms with Crippen LogP contribution in [0.1, 0.15) is 12.0 Å². The van der Waals surface area contributed by atoms with E-state index in [4.69, 9.17) is 0 Å². The number of likely N-dealkylation sites (tertiary alicyclic amines) is 1. The van der Waals surface area contributed by atoms with Gasteiger partial charge in [-0.25, -0.2) is 9.18 Å². The number of halogens is 1. The number of imide groups is 1. The lowest BCUT2D eigenvalue weighted by atomic mass is 10.2. The molecule has 1 aliphatic rings. The Morgan fingerprint density at radius 1 is 1.15 bits per heavy atom. The van der Waals surface area contributed by atoms with E-state index in [2.05, 4.69) is 5.32 Å². The molecule has 6 nitrogen and oxygen atoms in total. The fraction of sp³-hybridized carbons (Fsp3) is 0.211. The van der Waals surface area contributed by atoms with Crippen LogP contribution in [0.4, 0.5) is 14.9 Å². The van der Waals surface area contributed by atoms with Crippen molar-refractivity contribution in [3.63, 3.8) is 0 Å². The molecule has 0 unspecified atom stereocenters. The Balaban J connectivity index is 1.66. The minimum atomic E-state index is -0.855. The lowest BCUT2D eigenvalue weighted by Crippen LogP contribution is -2.44. The summed E-state index contributed by atoms with van der Waals surface area (Å²) in [7, 11) is 1.46. The average Bonchev–Trinajstić information content (AvgIpc) is 2.92. The molecule has 0 bridgehead atoms. The van der Waals surface area contributed by atoms with Crippen molar-refractivity contribution in [2.75, 3.05) is 12.4 Å². The fourth-order valence-corrected chi connectivity index (χ4v) is 2.79. The third-order valence-corrected chi connectivity index (χ3v) is 4.29. The van der Waals surface area contributed by atoms with Crippen LogP contribution in [-0.2, 0) is 16.1 Å². The maximum Gasteiger partial charge on any atom is 0.322 e. The number of rotatable bonds is 4. The Labute approximate surface area is 150 Å². The van der Waals surface area contributed by atoms with Crippen LogP contribution >= 0.6 is 0 Å². The van der Waals surface area contributed by atoms with Crippen LogP contribution in [0.3, 0.4) is 0 Å². The number of hydrogen-bond acceptors (Lipinski definition) is 3. The van der Waals surface area contributed by atoms with Gasteiger partial charge < -0.3 is 10.2 Å². The number of nitrogens with zero attached hydrogens (tertiary/aromatic N) is 2. The Morgan fingerprint density at radius 3 is 2.46 bits per heavy atom. The number of nitrogens with one attached hydrogen (secondary N) is 1. The first-order valence-electron chi connectivity index (χ1n) is 8.13. The van der Waals surface area contributed by atoms with Gasteiger partial charge in [0, 0.05) is 12.7 Å². The number of likely N-dealkylation sites (N-methyl/N-ethyl adjacent to an activating group) is 1. The molecule has 0 spiro atoms. The minimum absolute atomic E-state index is 0.0565. The zero-order chi connectivity index (χ0) is 18.7. The highest BCUT2D eigenvalue weighted by Gasteiger charge is 2.42. The van der Waals surface area contributed by atoms with E-state index < -0.39 is 23.8 Å². The highest BCUT2D eigenvalue weighted by atomic mass is 19.1. The molecular weight excluding hydrogens is 337 g/mol. The monoisotopic (exact) mass is 355 g/mol. The first kappa shape index (κ1) is 17.6. The van der Waals surface area contributed by atoms with Crippen molar-refractivity contribution in [2.45, 2.75) is 19.0 Å². The summed E-state index contributed by atoms with van der Waals surface area (Å²) in [5, 5.41) is 2.58. The molecule has 26 heavy (non-hydrogen) atoms. The highest BCUT2D eigenvalue weighted by Crippen LogP contribution is 2.21. The molecule has 1 aliphatic heterocycles. The largest absolute Gasteiger partial charge is 0.322 e. The van der Waals surface area contributed by atoms with Crippen molar-refractivity contribution in [3.05, 3.63) is 66.0 Å². The van der Waals surface area contributed by atoms with Crippen LogP contribution in [0.25, 0.3) is 0 Å². The molecule has 0 aromatic heterocycles. The first-order chi connectivity index (χ1) is 12.5. The number of carbonyl (C=O) groups excluding carboxylic acids is 3. The summed E-state index contributed by atoms with van der Waals surface area (Å²) < 4.78 is 12.9. The van der Waals surface area contributed by atoms with Crippen molar-refractivity contribution in [2.24, 2.45) is 0 Å². The zero-order valence-corrected chi connectivity index (χ0v) is 14.2. The Morgan fingerprint density at radius 2 is 1.81 bits per heavy atom. The molecule has 0 saturated carbocycles. The molecule has 3 rings (SSSR count). The molecule has 2 aromatic rings. The Hall–Kier alpha value is -3.22. The number of amides is 4. The lowest BCUT2D eigenvalue weighted by molar-refractivity contribution is -0.140. The van der Waals surface area contributed by atoms with Crippen LogP contribution in [0, 0.1) is 5.82 Å². The zero-order valence-electron chi connectivity index (χ0n) is 14.2. The summed E-state index contributed by atoms with van der Waals surface area (Å²) in [5.74, 6) is -1.13. The summed E-state index contributed by atoms with van der Waals surface area (Å²) in [5.41, 5.74) is 1.24. The van der Waals surface area contributed by atoms with Crippen LogP contribution < -0.4 is 5.32 Å². The smallest absolute Gasteiger partial charge is 0.315 e.